The van der Waals surface area contributed by atoms with E-state index in [0.29, 0.717) is 24.1 Å². The van der Waals surface area contributed by atoms with Gasteiger partial charge in [-0.2, -0.15) is 0 Å². The van der Waals surface area contributed by atoms with Crippen molar-refractivity contribution in [3.63, 3.8) is 0 Å². The first-order valence-electron chi connectivity index (χ1n) is 11.6. The second kappa shape index (κ2) is 10.1. The lowest BCUT2D eigenvalue weighted by Crippen LogP contribution is -2.29. The minimum atomic E-state index is -0.349. The third-order valence-electron chi connectivity index (χ3n) is 6.41. The molecule has 1 N–H and O–H groups in total. The van der Waals surface area contributed by atoms with Gasteiger partial charge in [0.05, 0.1) is 0 Å². The number of amides is 1. The fourth-order valence-electron chi connectivity index (χ4n) is 4.46. The van der Waals surface area contributed by atoms with Crippen molar-refractivity contribution >= 4 is 16.9 Å². The second-order valence-electron chi connectivity index (χ2n) is 8.92. The van der Waals surface area contributed by atoms with Crippen molar-refractivity contribution in [3.05, 3.63) is 80.7 Å². The van der Waals surface area contributed by atoms with Crippen LogP contribution >= 0.6 is 0 Å². The van der Waals surface area contributed by atoms with Crippen LogP contribution in [-0.4, -0.2) is 23.9 Å². The number of nitrogens with one attached hydrogen (secondary N) is 1. The standard InChI is InChI=1S/C27H32N2O3/c1-19-6-11-23-20(2)24(27(31)32-25(23)16-19)12-13-26(30)28-17-21-7-9-22(10-8-21)18-29-14-4-3-5-15-29/h6-11,16H,3-5,12-15,17-18H2,1-2H3,(H,28,30). The number of benzene rings is 2. The number of hydrogen-bond donors (Lipinski definition) is 1. The van der Waals surface area contributed by atoms with E-state index in [1.54, 1.807) is 0 Å². The Bertz CT molecular complexity index is 1140. The highest BCUT2D eigenvalue weighted by Crippen LogP contribution is 2.21. The Labute approximate surface area is 189 Å². The minimum absolute atomic E-state index is 0.0646. The van der Waals surface area contributed by atoms with Crippen LogP contribution in [0.25, 0.3) is 11.0 Å². The molecule has 0 saturated carbocycles. The van der Waals surface area contributed by atoms with Crippen LogP contribution in [0, 0.1) is 13.8 Å². The maximum atomic E-state index is 12.4. The first-order valence-corrected chi connectivity index (χ1v) is 11.6. The summed E-state index contributed by atoms with van der Waals surface area (Å²) in [6.07, 6.45) is 4.57. The van der Waals surface area contributed by atoms with E-state index >= 15 is 0 Å². The molecule has 2 aromatic carbocycles. The Hall–Kier alpha value is -2.92. The lowest BCUT2D eigenvalue weighted by molar-refractivity contribution is -0.121. The van der Waals surface area contributed by atoms with Gasteiger partial charge in [0, 0.05) is 30.5 Å². The van der Waals surface area contributed by atoms with Gasteiger partial charge in [0.2, 0.25) is 5.91 Å². The second-order valence-corrected chi connectivity index (χ2v) is 8.92. The normalized spacial score (nSPS) is 14.6. The van der Waals surface area contributed by atoms with Crippen molar-refractivity contribution < 1.29 is 9.21 Å². The predicted octanol–water partition coefficient (Wildman–Crippen LogP) is 4.64. The molecule has 1 aromatic heterocycles. The maximum absolute atomic E-state index is 12.4. The van der Waals surface area contributed by atoms with Gasteiger partial charge in [0.1, 0.15) is 5.58 Å². The summed E-state index contributed by atoms with van der Waals surface area (Å²) in [4.78, 5) is 27.3. The molecule has 0 radical (unpaired) electrons. The number of nitrogens with zero attached hydrogens (tertiary/aromatic N) is 1. The molecule has 0 spiro atoms. The smallest absolute Gasteiger partial charge is 0.339 e. The monoisotopic (exact) mass is 432 g/mol. The molecular formula is C27H32N2O3. The van der Waals surface area contributed by atoms with Gasteiger partial charge in [-0.3, -0.25) is 9.69 Å². The number of carbonyl (C=O) groups is 1. The Balaban J connectivity index is 1.30. The number of hydrogen-bond acceptors (Lipinski definition) is 4. The molecule has 0 atom stereocenters. The van der Waals surface area contributed by atoms with Crippen LogP contribution in [0.5, 0.6) is 0 Å². The SMILES string of the molecule is Cc1ccc2c(C)c(CCC(=O)NCc3ccc(CN4CCCCC4)cc3)c(=O)oc2c1. The summed E-state index contributed by atoms with van der Waals surface area (Å²) in [6, 6.07) is 14.3. The third kappa shape index (κ3) is 5.46. The highest BCUT2D eigenvalue weighted by atomic mass is 16.4. The molecular weight excluding hydrogens is 400 g/mol. The van der Waals surface area contributed by atoms with Crippen LogP contribution in [0.2, 0.25) is 0 Å². The van der Waals surface area contributed by atoms with E-state index in [4.69, 9.17) is 4.42 Å². The molecule has 32 heavy (non-hydrogen) atoms. The van der Waals surface area contributed by atoms with Crippen LogP contribution in [0.3, 0.4) is 0 Å². The van der Waals surface area contributed by atoms with Crippen LogP contribution in [-0.2, 0) is 24.3 Å². The molecule has 1 amide bonds. The van der Waals surface area contributed by atoms with Gasteiger partial charge in [-0.25, -0.2) is 4.79 Å². The zero-order chi connectivity index (χ0) is 22.5. The Morgan fingerprint density at radius 3 is 2.47 bits per heavy atom. The van der Waals surface area contributed by atoms with E-state index < -0.39 is 0 Å². The lowest BCUT2D eigenvalue weighted by Gasteiger charge is -2.26. The molecule has 2 heterocycles. The first-order chi connectivity index (χ1) is 15.5. The van der Waals surface area contributed by atoms with Gasteiger partial charge >= 0.3 is 5.63 Å². The Morgan fingerprint density at radius 1 is 1.00 bits per heavy atom. The summed E-state index contributed by atoms with van der Waals surface area (Å²) >= 11 is 0. The van der Waals surface area contributed by atoms with Crippen molar-refractivity contribution in [2.45, 2.75) is 59.0 Å². The van der Waals surface area contributed by atoms with Crippen molar-refractivity contribution in [2.75, 3.05) is 13.1 Å². The van der Waals surface area contributed by atoms with Gasteiger partial charge in [-0.15, -0.1) is 0 Å². The zero-order valence-electron chi connectivity index (χ0n) is 19.1. The number of likely N-dealkylation sites (tertiary alicyclic amines) is 1. The average molecular weight is 433 g/mol. The summed E-state index contributed by atoms with van der Waals surface area (Å²) in [6.45, 7) is 7.76. The molecule has 168 valence electrons. The van der Waals surface area contributed by atoms with E-state index in [9.17, 15) is 9.59 Å². The summed E-state index contributed by atoms with van der Waals surface area (Å²) in [5.74, 6) is -0.0646. The predicted molar refractivity (Wildman–Crippen MR) is 128 cm³/mol. The van der Waals surface area contributed by atoms with Gasteiger partial charge in [0.25, 0.3) is 0 Å². The summed E-state index contributed by atoms with van der Waals surface area (Å²) in [5.41, 5.74) is 5.17. The van der Waals surface area contributed by atoms with E-state index in [1.165, 1.54) is 37.9 Å². The van der Waals surface area contributed by atoms with E-state index in [0.717, 1.165) is 28.6 Å². The number of piperidine rings is 1. The third-order valence-corrected chi connectivity index (χ3v) is 6.41. The highest BCUT2D eigenvalue weighted by Gasteiger charge is 2.14. The van der Waals surface area contributed by atoms with E-state index in [-0.39, 0.29) is 18.0 Å². The van der Waals surface area contributed by atoms with Crippen LogP contribution in [0.4, 0.5) is 0 Å². The fraction of sp³-hybridized carbons (Fsp3) is 0.407. The largest absolute Gasteiger partial charge is 0.423 e. The molecule has 3 aromatic rings. The molecule has 5 heteroatoms. The topological polar surface area (TPSA) is 62.6 Å². The lowest BCUT2D eigenvalue weighted by atomic mass is 10.0. The number of carbonyl (C=O) groups excluding carboxylic acids is 1. The molecule has 0 unspecified atom stereocenters. The van der Waals surface area contributed by atoms with Crippen LogP contribution in [0.1, 0.15) is 53.5 Å². The van der Waals surface area contributed by atoms with Gasteiger partial charge in [-0.05, 0) is 74.5 Å². The Morgan fingerprint density at radius 2 is 1.72 bits per heavy atom. The number of rotatable bonds is 7. The molecule has 1 fully saturated rings. The number of aryl methyl sites for hydroxylation is 2. The van der Waals surface area contributed by atoms with E-state index in [2.05, 4.69) is 34.5 Å². The molecule has 0 bridgehead atoms. The van der Waals surface area contributed by atoms with Crippen molar-refractivity contribution in [3.8, 4) is 0 Å². The first kappa shape index (κ1) is 22.3. The van der Waals surface area contributed by atoms with Crippen molar-refractivity contribution in [1.82, 2.24) is 10.2 Å². The average Bonchev–Trinajstić information content (AvgIpc) is 2.79. The van der Waals surface area contributed by atoms with Gasteiger partial charge in [-0.1, -0.05) is 42.8 Å². The van der Waals surface area contributed by atoms with E-state index in [1.807, 2.05) is 32.0 Å². The Kier molecular flexibility index (Phi) is 7.05. The van der Waals surface area contributed by atoms with Crippen molar-refractivity contribution in [1.29, 1.82) is 0 Å². The quantitative estimate of drug-likeness (QED) is 0.552. The van der Waals surface area contributed by atoms with Crippen molar-refractivity contribution in [2.24, 2.45) is 0 Å². The highest BCUT2D eigenvalue weighted by molar-refractivity contribution is 5.82. The molecule has 1 saturated heterocycles. The summed E-state index contributed by atoms with van der Waals surface area (Å²) in [5, 5.41) is 3.90. The molecule has 4 rings (SSSR count). The fourth-order valence-corrected chi connectivity index (χ4v) is 4.46. The number of fused-ring (bicyclic) bond motifs is 1. The van der Waals surface area contributed by atoms with Crippen LogP contribution in [0.15, 0.2) is 51.7 Å². The molecule has 5 nitrogen and oxygen atoms in total. The molecule has 1 aliphatic heterocycles. The van der Waals surface area contributed by atoms with Crippen LogP contribution < -0.4 is 10.9 Å². The zero-order valence-corrected chi connectivity index (χ0v) is 19.1. The minimum Gasteiger partial charge on any atom is -0.423 e. The summed E-state index contributed by atoms with van der Waals surface area (Å²) in [7, 11) is 0. The summed E-state index contributed by atoms with van der Waals surface area (Å²) < 4.78 is 5.49. The molecule has 0 aliphatic carbocycles. The van der Waals surface area contributed by atoms with Gasteiger partial charge in [0.15, 0.2) is 0 Å². The van der Waals surface area contributed by atoms with Gasteiger partial charge < -0.3 is 9.73 Å². The molecule has 1 aliphatic rings. The maximum Gasteiger partial charge on any atom is 0.339 e.